The normalized spacial score (nSPS) is 39.2. The highest BCUT2D eigenvalue weighted by Crippen LogP contribution is 2.31. The Kier molecular flexibility index (Phi) is 5.34. The zero-order valence-electron chi connectivity index (χ0n) is 11.9. The molecule has 0 aliphatic heterocycles. The van der Waals surface area contributed by atoms with E-state index in [2.05, 4.69) is 19.2 Å². The van der Waals surface area contributed by atoms with Gasteiger partial charge < -0.3 is 5.32 Å². The molecule has 0 spiro atoms. The number of hydrogen-bond donors (Lipinski definition) is 1. The summed E-state index contributed by atoms with van der Waals surface area (Å²) in [5.74, 6) is 1.92. The lowest BCUT2D eigenvalue weighted by Gasteiger charge is -2.39. The second-order valence-corrected chi connectivity index (χ2v) is 6.29. The Labute approximate surface area is 108 Å². The number of nitrogens with one attached hydrogen (secondary N) is 1. The van der Waals surface area contributed by atoms with Crippen LogP contribution in [0.1, 0.15) is 78.1 Å². The fraction of sp³-hybridized carbons (Fsp3) is 1.00. The molecular weight excluding hydrogens is 206 g/mol. The molecule has 2 fully saturated rings. The van der Waals surface area contributed by atoms with Crippen molar-refractivity contribution in [1.29, 1.82) is 0 Å². The van der Waals surface area contributed by atoms with E-state index >= 15 is 0 Å². The summed E-state index contributed by atoms with van der Waals surface area (Å²) in [4.78, 5) is 0. The highest BCUT2D eigenvalue weighted by Gasteiger charge is 2.29. The van der Waals surface area contributed by atoms with Gasteiger partial charge in [0, 0.05) is 12.1 Å². The summed E-state index contributed by atoms with van der Waals surface area (Å²) in [6, 6.07) is 1.68. The van der Waals surface area contributed by atoms with Crippen LogP contribution in [0.3, 0.4) is 0 Å². The molecule has 2 aliphatic rings. The molecule has 4 unspecified atom stereocenters. The molecule has 1 N–H and O–H groups in total. The molecule has 0 heterocycles. The Morgan fingerprint density at radius 3 is 1.53 bits per heavy atom. The van der Waals surface area contributed by atoms with Gasteiger partial charge in [-0.05, 0) is 37.5 Å². The predicted molar refractivity (Wildman–Crippen MR) is 75.2 cm³/mol. The highest BCUT2D eigenvalue weighted by molar-refractivity contribution is 4.87. The first kappa shape index (κ1) is 13.4. The topological polar surface area (TPSA) is 12.0 Å². The van der Waals surface area contributed by atoms with Crippen LogP contribution in [0.2, 0.25) is 0 Å². The fourth-order valence-corrected chi connectivity index (χ4v) is 4.11. The van der Waals surface area contributed by atoms with Gasteiger partial charge in [0.25, 0.3) is 0 Å². The SMILES string of the molecule is CCC1CCCCC1NC1CCCCC1CC. The van der Waals surface area contributed by atoms with Crippen LogP contribution in [0.5, 0.6) is 0 Å². The quantitative estimate of drug-likeness (QED) is 0.758. The van der Waals surface area contributed by atoms with Crippen molar-refractivity contribution >= 4 is 0 Å². The molecule has 2 aliphatic carbocycles. The third kappa shape index (κ3) is 3.47. The lowest BCUT2D eigenvalue weighted by Crippen LogP contribution is -2.48. The maximum atomic E-state index is 4.06. The van der Waals surface area contributed by atoms with E-state index in [1.54, 1.807) is 0 Å². The van der Waals surface area contributed by atoms with Gasteiger partial charge in [0.2, 0.25) is 0 Å². The van der Waals surface area contributed by atoms with Crippen LogP contribution >= 0.6 is 0 Å². The lowest BCUT2D eigenvalue weighted by molar-refractivity contribution is 0.179. The van der Waals surface area contributed by atoms with E-state index in [0.717, 1.165) is 23.9 Å². The van der Waals surface area contributed by atoms with E-state index < -0.39 is 0 Å². The van der Waals surface area contributed by atoms with Crippen molar-refractivity contribution in [2.75, 3.05) is 0 Å². The largest absolute Gasteiger partial charge is 0.311 e. The molecule has 0 saturated heterocycles. The van der Waals surface area contributed by atoms with Crippen molar-refractivity contribution in [2.24, 2.45) is 11.8 Å². The molecule has 4 atom stereocenters. The van der Waals surface area contributed by atoms with Crippen LogP contribution in [0.15, 0.2) is 0 Å². The van der Waals surface area contributed by atoms with Gasteiger partial charge >= 0.3 is 0 Å². The number of rotatable bonds is 4. The van der Waals surface area contributed by atoms with Gasteiger partial charge in [0.15, 0.2) is 0 Å². The molecule has 0 aromatic carbocycles. The summed E-state index contributed by atoms with van der Waals surface area (Å²) >= 11 is 0. The standard InChI is InChI=1S/C16H31N/c1-3-13-9-5-7-11-15(13)17-16-12-8-6-10-14(16)4-2/h13-17H,3-12H2,1-2H3. The molecule has 0 bridgehead atoms. The van der Waals surface area contributed by atoms with Crippen molar-refractivity contribution in [2.45, 2.75) is 90.1 Å². The summed E-state index contributed by atoms with van der Waals surface area (Å²) < 4.78 is 0. The van der Waals surface area contributed by atoms with Gasteiger partial charge in [-0.15, -0.1) is 0 Å². The molecule has 17 heavy (non-hydrogen) atoms. The van der Waals surface area contributed by atoms with Crippen molar-refractivity contribution in [3.63, 3.8) is 0 Å². The first-order valence-corrected chi connectivity index (χ1v) is 8.11. The Balaban J connectivity index is 1.88. The molecule has 2 rings (SSSR count). The predicted octanol–water partition coefficient (Wildman–Crippen LogP) is 4.51. The van der Waals surface area contributed by atoms with Crippen LogP contribution in [0.4, 0.5) is 0 Å². The zero-order valence-corrected chi connectivity index (χ0v) is 11.9. The van der Waals surface area contributed by atoms with Crippen molar-refractivity contribution in [3.05, 3.63) is 0 Å². The fourth-order valence-electron chi connectivity index (χ4n) is 4.11. The van der Waals surface area contributed by atoms with Crippen LogP contribution in [0.25, 0.3) is 0 Å². The Morgan fingerprint density at radius 2 is 1.12 bits per heavy atom. The summed E-state index contributed by atoms with van der Waals surface area (Å²) in [7, 11) is 0. The minimum atomic E-state index is 0.839. The van der Waals surface area contributed by atoms with Crippen molar-refractivity contribution < 1.29 is 0 Å². The summed E-state index contributed by atoms with van der Waals surface area (Å²) in [6.07, 6.45) is 14.4. The maximum absolute atomic E-state index is 4.06. The van der Waals surface area contributed by atoms with Crippen LogP contribution in [0, 0.1) is 11.8 Å². The first-order chi connectivity index (χ1) is 8.35. The molecule has 1 heteroatoms. The molecule has 0 radical (unpaired) electrons. The van der Waals surface area contributed by atoms with E-state index in [9.17, 15) is 0 Å². The van der Waals surface area contributed by atoms with E-state index in [-0.39, 0.29) is 0 Å². The lowest BCUT2D eigenvalue weighted by atomic mass is 9.79. The third-order valence-electron chi connectivity index (χ3n) is 5.30. The van der Waals surface area contributed by atoms with Crippen LogP contribution in [-0.2, 0) is 0 Å². The maximum Gasteiger partial charge on any atom is 0.00979 e. The van der Waals surface area contributed by atoms with Crippen molar-refractivity contribution in [3.8, 4) is 0 Å². The number of hydrogen-bond acceptors (Lipinski definition) is 1. The Hall–Kier alpha value is -0.0400. The first-order valence-electron chi connectivity index (χ1n) is 8.11. The van der Waals surface area contributed by atoms with Gasteiger partial charge in [-0.3, -0.25) is 0 Å². The van der Waals surface area contributed by atoms with Gasteiger partial charge in [0.1, 0.15) is 0 Å². The summed E-state index contributed by atoms with van der Waals surface area (Å²) in [6.45, 7) is 4.76. The zero-order chi connectivity index (χ0) is 12.1. The minimum absolute atomic E-state index is 0.839. The van der Waals surface area contributed by atoms with Gasteiger partial charge in [0.05, 0.1) is 0 Å². The molecule has 0 amide bonds. The minimum Gasteiger partial charge on any atom is -0.311 e. The Bertz CT molecular complexity index is 192. The van der Waals surface area contributed by atoms with Gasteiger partial charge in [-0.2, -0.15) is 0 Å². The molecule has 2 saturated carbocycles. The van der Waals surface area contributed by atoms with E-state index in [1.807, 2.05) is 0 Å². The van der Waals surface area contributed by atoms with Gasteiger partial charge in [-0.25, -0.2) is 0 Å². The second-order valence-electron chi connectivity index (χ2n) is 6.29. The molecule has 0 aromatic heterocycles. The van der Waals surface area contributed by atoms with E-state index in [1.165, 1.54) is 64.2 Å². The average Bonchev–Trinajstić information content (AvgIpc) is 2.40. The van der Waals surface area contributed by atoms with E-state index in [0.29, 0.717) is 0 Å². The summed E-state index contributed by atoms with van der Waals surface area (Å²) in [5.41, 5.74) is 0. The second kappa shape index (κ2) is 6.78. The monoisotopic (exact) mass is 237 g/mol. The van der Waals surface area contributed by atoms with Crippen LogP contribution < -0.4 is 5.32 Å². The third-order valence-corrected chi connectivity index (χ3v) is 5.30. The molecule has 100 valence electrons. The van der Waals surface area contributed by atoms with E-state index in [4.69, 9.17) is 0 Å². The highest BCUT2D eigenvalue weighted by atomic mass is 15.0. The Morgan fingerprint density at radius 1 is 0.706 bits per heavy atom. The van der Waals surface area contributed by atoms with Crippen molar-refractivity contribution in [1.82, 2.24) is 5.32 Å². The molecule has 0 aromatic rings. The molecular formula is C16H31N. The summed E-state index contributed by atoms with van der Waals surface area (Å²) in [5, 5.41) is 4.06. The van der Waals surface area contributed by atoms with Gasteiger partial charge in [-0.1, -0.05) is 52.4 Å². The smallest absolute Gasteiger partial charge is 0.00979 e. The average molecular weight is 237 g/mol. The van der Waals surface area contributed by atoms with Crippen LogP contribution in [-0.4, -0.2) is 12.1 Å². The molecule has 1 nitrogen and oxygen atoms in total.